The predicted octanol–water partition coefficient (Wildman–Crippen LogP) is 0.849. The second kappa shape index (κ2) is 7.50. The minimum Gasteiger partial charge on any atom is -0.482 e. The Labute approximate surface area is 170 Å². The molecule has 0 saturated carbocycles. The van der Waals surface area contributed by atoms with E-state index in [-0.39, 0.29) is 47.0 Å². The number of hydrogen-bond acceptors (Lipinski definition) is 6. The lowest BCUT2D eigenvalue weighted by molar-refractivity contribution is -0.118. The molecule has 0 atom stereocenters. The molecule has 1 aliphatic heterocycles. The second-order valence-electron chi connectivity index (χ2n) is 6.30. The SMILES string of the molecule is O=C1COc2cc(S(=O)(=O)NCCCn3nc4ccccn4c3=O)c(Cl)cc2N1. The van der Waals surface area contributed by atoms with Crippen molar-refractivity contribution in [1.82, 2.24) is 18.9 Å². The normalized spacial score (nSPS) is 13.8. The fraction of sp³-hybridized carbons (Fsp3) is 0.235. The van der Waals surface area contributed by atoms with Crippen molar-refractivity contribution < 1.29 is 17.9 Å². The van der Waals surface area contributed by atoms with Crippen molar-refractivity contribution in [1.29, 1.82) is 0 Å². The summed E-state index contributed by atoms with van der Waals surface area (Å²) in [7, 11) is -3.91. The number of halogens is 1. The van der Waals surface area contributed by atoms with Crippen LogP contribution in [0, 0.1) is 0 Å². The van der Waals surface area contributed by atoms with Gasteiger partial charge in [-0.25, -0.2) is 22.6 Å². The van der Waals surface area contributed by atoms with E-state index in [1.165, 1.54) is 21.2 Å². The molecule has 0 spiro atoms. The molecular formula is C17H16ClN5O5S. The minimum absolute atomic E-state index is 0.0429. The maximum Gasteiger partial charge on any atom is 0.350 e. The van der Waals surface area contributed by atoms with Gasteiger partial charge in [0.25, 0.3) is 5.91 Å². The second-order valence-corrected chi connectivity index (χ2v) is 8.44. The fourth-order valence-electron chi connectivity index (χ4n) is 2.91. The molecule has 0 fully saturated rings. The summed E-state index contributed by atoms with van der Waals surface area (Å²) in [5.41, 5.74) is 0.544. The first-order chi connectivity index (χ1) is 13.8. The number of nitrogens with zero attached hydrogens (tertiary/aromatic N) is 3. The van der Waals surface area contributed by atoms with E-state index in [2.05, 4.69) is 15.1 Å². The van der Waals surface area contributed by atoms with Gasteiger partial charge in [-0.2, -0.15) is 0 Å². The zero-order valence-corrected chi connectivity index (χ0v) is 16.5. The Morgan fingerprint density at radius 1 is 1.28 bits per heavy atom. The molecule has 0 radical (unpaired) electrons. The van der Waals surface area contributed by atoms with Crippen LogP contribution < -0.4 is 20.5 Å². The monoisotopic (exact) mass is 437 g/mol. The fourth-order valence-corrected chi connectivity index (χ4v) is 4.53. The largest absolute Gasteiger partial charge is 0.482 e. The molecule has 1 amide bonds. The van der Waals surface area contributed by atoms with E-state index in [1.807, 2.05) is 0 Å². The maximum atomic E-state index is 12.6. The first-order valence-corrected chi connectivity index (χ1v) is 10.5. The van der Waals surface area contributed by atoms with Crippen molar-refractivity contribution >= 4 is 38.9 Å². The van der Waals surface area contributed by atoms with E-state index in [4.69, 9.17) is 16.3 Å². The lowest BCUT2D eigenvalue weighted by atomic mass is 10.2. The number of ether oxygens (including phenoxy) is 1. The Kier molecular flexibility index (Phi) is 5.03. The molecule has 1 aliphatic rings. The summed E-state index contributed by atoms with van der Waals surface area (Å²) in [6.45, 7) is 0.124. The number of benzene rings is 1. The molecule has 10 nitrogen and oxygen atoms in total. The molecule has 3 aromatic rings. The van der Waals surface area contributed by atoms with Gasteiger partial charge < -0.3 is 10.1 Å². The van der Waals surface area contributed by atoms with Gasteiger partial charge in [0.2, 0.25) is 10.0 Å². The molecule has 0 aliphatic carbocycles. The Bertz CT molecular complexity index is 1270. The number of rotatable bonds is 6. The summed E-state index contributed by atoms with van der Waals surface area (Å²) < 4.78 is 35.6. The molecule has 152 valence electrons. The van der Waals surface area contributed by atoms with Gasteiger partial charge in [-0.15, -0.1) is 5.10 Å². The topological polar surface area (TPSA) is 124 Å². The van der Waals surface area contributed by atoms with Gasteiger partial charge in [0, 0.05) is 25.4 Å². The zero-order chi connectivity index (χ0) is 20.6. The Morgan fingerprint density at radius 3 is 2.90 bits per heavy atom. The quantitative estimate of drug-likeness (QED) is 0.551. The van der Waals surface area contributed by atoms with Crippen molar-refractivity contribution in [2.75, 3.05) is 18.5 Å². The molecule has 29 heavy (non-hydrogen) atoms. The highest BCUT2D eigenvalue weighted by molar-refractivity contribution is 7.89. The van der Waals surface area contributed by atoms with Crippen LogP contribution in [0.1, 0.15) is 6.42 Å². The molecule has 12 heteroatoms. The van der Waals surface area contributed by atoms with Crippen molar-refractivity contribution in [2.24, 2.45) is 0 Å². The van der Waals surface area contributed by atoms with Gasteiger partial charge in [0.15, 0.2) is 12.3 Å². The van der Waals surface area contributed by atoms with Crippen LogP contribution >= 0.6 is 11.6 Å². The summed E-state index contributed by atoms with van der Waals surface area (Å²) >= 11 is 6.08. The molecular weight excluding hydrogens is 422 g/mol. The number of anilines is 1. The van der Waals surface area contributed by atoms with Crippen LogP contribution in [0.3, 0.4) is 0 Å². The van der Waals surface area contributed by atoms with E-state index >= 15 is 0 Å². The van der Waals surface area contributed by atoms with Crippen LogP contribution in [0.15, 0.2) is 46.2 Å². The van der Waals surface area contributed by atoms with Crippen LogP contribution in [0.25, 0.3) is 5.65 Å². The molecule has 0 bridgehead atoms. The van der Waals surface area contributed by atoms with E-state index in [0.717, 1.165) is 0 Å². The van der Waals surface area contributed by atoms with Gasteiger partial charge in [0.1, 0.15) is 10.6 Å². The average molecular weight is 438 g/mol. The van der Waals surface area contributed by atoms with Crippen LogP contribution in [-0.4, -0.2) is 41.7 Å². The van der Waals surface area contributed by atoms with Crippen molar-refractivity contribution in [3.63, 3.8) is 0 Å². The number of aromatic nitrogens is 3. The summed E-state index contributed by atoms with van der Waals surface area (Å²) in [6, 6.07) is 7.82. The van der Waals surface area contributed by atoms with Gasteiger partial charge in [-0.05, 0) is 24.6 Å². The summed E-state index contributed by atoms with van der Waals surface area (Å²) in [4.78, 5) is 23.4. The third-order valence-corrected chi connectivity index (χ3v) is 6.21. The third kappa shape index (κ3) is 3.84. The highest BCUT2D eigenvalue weighted by Crippen LogP contribution is 2.35. The lowest BCUT2D eigenvalue weighted by Gasteiger charge is -2.19. The van der Waals surface area contributed by atoms with Crippen LogP contribution in [-0.2, 0) is 21.4 Å². The molecule has 1 aromatic carbocycles. The third-order valence-electron chi connectivity index (χ3n) is 4.28. The molecule has 3 heterocycles. The van der Waals surface area contributed by atoms with E-state index in [0.29, 0.717) is 17.8 Å². The number of amides is 1. The number of aryl methyl sites for hydroxylation is 1. The number of hydrogen-bond donors (Lipinski definition) is 2. The summed E-state index contributed by atoms with van der Waals surface area (Å²) in [5, 5.41) is 6.71. The number of fused-ring (bicyclic) bond motifs is 2. The molecule has 2 N–H and O–H groups in total. The standard InChI is InChI=1S/C17H16ClN5O5S/c18-11-8-12-13(28-10-16(24)20-12)9-14(11)29(26,27)19-5-3-7-23-17(25)22-6-2-1-4-15(22)21-23/h1-2,4,6,8-9,19H,3,5,7,10H2,(H,20,24). The average Bonchev–Trinajstić information content (AvgIpc) is 3.00. The molecule has 0 unspecified atom stereocenters. The van der Waals surface area contributed by atoms with Crippen molar-refractivity contribution in [3.8, 4) is 5.75 Å². The number of carbonyl (C=O) groups excluding carboxylic acids is 1. The van der Waals surface area contributed by atoms with Crippen LogP contribution in [0.2, 0.25) is 5.02 Å². The minimum atomic E-state index is -3.91. The van der Waals surface area contributed by atoms with E-state index in [9.17, 15) is 18.0 Å². The summed E-state index contributed by atoms with van der Waals surface area (Å²) in [6.07, 6.45) is 1.96. The van der Waals surface area contributed by atoms with Gasteiger partial charge >= 0.3 is 5.69 Å². The van der Waals surface area contributed by atoms with E-state index in [1.54, 1.807) is 24.4 Å². The molecule has 4 rings (SSSR count). The Balaban J connectivity index is 1.43. The molecule has 2 aromatic heterocycles. The van der Waals surface area contributed by atoms with Gasteiger partial charge in [-0.1, -0.05) is 17.7 Å². The Hall–Kier alpha value is -2.89. The highest BCUT2D eigenvalue weighted by atomic mass is 35.5. The Morgan fingerprint density at radius 2 is 2.10 bits per heavy atom. The number of sulfonamides is 1. The van der Waals surface area contributed by atoms with Crippen LogP contribution in [0.5, 0.6) is 5.75 Å². The highest BCUT2D eigenvalue weighted by Gasteiger charge is 2.24. The maximum absolute atomic E-state index is 12.6. The first kappa shape index (κ1) is 19.4. The van der Waals surface area contributed by atoms with Crippen LogP contribution in [0.4, 0.5) is 5.69 Å². The van der Waals surface area contributed by atoms with Crippen molar-refractivity contribution in [3.05, 3.63) is 52.0 Å². The zero-order valence-electron chi connectivity index (χ0n) is 15.0. The lowest BCUT2D eigenvalue weighted by Crippen LogP contribution is -2.29. The summed E-state index contributed by atoms with van der Waals surface area (Å²) in [5.74, 6) is -0.116. The number of nitrogens with one attached hydrogen (secondary N) is 2. The predicted molar refractivity (Wildman–Crippen MR) is 105 cm³/mol. The number of carbonyl (C=O) groups is 1. The number of pyridine rings is 1. The van der Waals surface area contributed by atoms with Gasteiger partial charge in [0.05, 0.1) is 10.7 Å². The first-order valence-electron chi connectivity index (χ1n) is 8.65. The van der Waals surface area contributed by atoms with E-state index < -0.39 is 10.0 Å². The van der Waals surface area contributed by atoms with Gasteiger partial charge in [-0.3, -0.25) is 9.20 Å². The smallest absolute Gasteiger partial charge is 0.350 e. The molecule has 0 saturated heterocycles. The van der Waals surface area contributed by atoms with Crippen molar-refractivity contribution in [2.45, 2.75) is 17.9 Å².